The highest BCUT2D eigenvalue weighted by atomic mass is 15.3. The summed E-state index contributed by atoms with van der Waals surface area (Å²) in [7, 11) is 0. The zero-order chi connectivity index (χ0) is 14.1. The number of amidine groups is 1. The lowest BCUT2D eigenvalue weighted by atomic mass is 9.94. The molecule has 1 aliphatic heterocycles. The topological polar surface area (TPSA) is 41.6 Å². The van der Waals surface area contributed by atoms with Gasteiger partial charge in [-0.2, -0.15) is 0 Å². The second-order valence-corrected chi connectivity index (χ2v) is 6.06. The van der Waals surface area contributed by atoms with Crippen molar-refractivity contribution in [1.82, 2.24) is 4.90 Å². The molecule has 2 N–H and O–H groups in total. The van der Waals surface area contributed by atoms with Gasteiger partial charge in [-0.1, -0.05) is 36.5 Å². The van der Waals surface area contributed by atoms with E-state index in [1.54, 1.807) is 0 Å². The van der Waals surface area contributed by atoms with Gasteiger partial charge in [-0.25, -0.2) is 0 Å². The van der Waals surface area contributed by atoms with Gasteiger partial charge in [0.15, 0.2) is 0 Å². The first-order valence-corrected chi connectivity index (χ1v) is 7.42. The van der Waals surface area contributed by atoms with Crippen molar-refractivity contribution in [1.29, 1.82) is 0 Å². The van der Waals surface area contributed by atoms with Crippen molar-refractivity contribution in [3.05, 3.63) is 48.2 Å². The molecule has 0 saturated carbocycles. The second-order valence-electron chi connectivity index (χ2n) is 6.06. The van der Waals surface area contributed by atoms with Crippen molar-refractivity contribution < 1.29 is 0 Å². The van der Waals surface area contributed by atoms with Gasteiger partial charge >= 0.3 is 0 Å². The first-order chi connectivity index (χ1) is 9.65. The Morgan fingerprint density at radius 2 is 2.20 bits per heavy atom. The first kappa shape index (κ1) is 13.2. The summed E-state index contributed by atoms with van der Waals surface area (Å²) in [6, 6.07) is 0.939. The summed E-state index contributed by atoms with van der Waals surface area (Å²) in [4.78, 5) is 7.50. The van der Waals surface area contributed by atoms with Crippen LogP contribution in [0, 0.1) is 5.92 Å². The Balaban J connectivity index is 1.84. The van der Waals surface area contributed by atoms with Crippen molar-refractivity contribution in [2.45, 2.75) is 38.3 Å². The van der Waals surface area contributed by atoms with Crippen molar-refractivity contribution in [2.24, 2.45) is 16.6 Å². The number of rotatable bonds is 3. The molecule has 0 spiro atoms. The van der Waals surface area contributed by atoms with Crippen LogP contribution in [-0.2, 0) is 0 Å². The summed E-state index contributed by atoms with van der Waals surface area (Å²) in [5.74, 6) is 1.60. The normalized spacial score (nSPS) is 31.9. The summed E-state index contributed by atoms with van der Waals surface area (Å²) in [5.41, 5.74) is 7.89. The van der Waals surface area contributed by atoms with Gasteiger partial charge in [0.1, 0.15) is 5.84 Å². The van der Waals surface area contributed by atoms with Crippen LogP contribution < -0.4 is 5.73 Å². The van der Waals surface area contributed by atoms with Crippen LogP contribution in [0.15, 0.2) is 53.2 Å². The molecule has 1 heterocycles. The third-order valence-electron chi connectivity index (χ3n) is 4.26. The molecule has 3 unspecified atom stereocenters. The smallest absolute Gasteiger partial charge is 0.107 e. The van der Waals surface area contributed by atoms with Gasteiger partial charge in [0, 0.05) is 18.2 Å². The van der Waals surface area contributed by atoms with Crippen LogP contribution in [0.3, 0.4) is 0 Å². The molecule has 3 heteroatoms. The minimum Gasteiger partial charge on any atom is -0.399 e. The van der Waals surface area contributed by atoms with Gasteiger partial charge in [-0.15, -0.1) is 0 Å². The molecule has 106 valence electrons. The van der Waals surface area contributed by atoms with E-state index in [0.717, 1.165) is 31.5 Å². The molecule has 2 aliphatic carbocycles. The molecule has 0 amide bonds. The highest BCUT2D eigenvalue weighted by Gasteiger charge is 2.38. The van der Waals surface area contributed by atoms with Gasteiger partial charge in [-0.3, -0.25) is 4.99 Å². The SMILES string of the molecule is C=C(C)CN1C(C2C=CC(N)=CC2)=NC2CC=CCC21. The van der Waals surface area contributed by atoms with Gasteiger partial charge in [0.25, 0.3) is 0 Å². The summed E-state index contributed by atoms with van der Waals surface area (Å²) >= 11 is 0. The van der Waals surface area contributed by atoms with Crippen molar-refractivity contribution in [2.75, 3.05) is 6.54 Å². The number of hydrogen-bond donors (Lipinski definition) is 1. The highest BCUT2D eigenvalue weighted by molar-refractivity contribution is 5.89. The lowest BCUT2D eigenvalue weighted by molar-refractivity contribution is 0.309. The summed E-state index contributed by atoms with van der Waals surface area (Å²) in [6.07, 6.45) is 14.0. The minimum absolute atomic E-state index is 0.368. The Bertz CT molecular complexity index is 524. The van der Waals surface area contributed by atoms with E-state index in [9.17, 15) is 0 Å². The number of hydrogen-bond acceptors (Lipinski definition) is 3. The van der Waals surface area contributed by atoms with E-state index in [0.29, 0.717) is 18.0 Å². The largest absolute Gasteiger partial charge is 0.399 e. The van der Waals surface area contributed by atoms with E-state index in [1.165, 1.54) is 11.4 Å². The van der Waals surface area contributed by atoms with E-state index in [2.05, 4.69) is 42.7 Å². The van der Waals surface area contributed by atoms with Gasteiger partial charge < -0.3 is 10.6 Å². The van der Waals surface area contributed by atoms with Crippen LogP contribution in [0.1, 0.15) is 26.2 Å². The van der Waals surface area contributed by atoms with Crippen molar-refractivity contribution >= 4 is 5.84 Å². The molecule has 20 heavy (non-hydrogen) atoms. The molecule has 3 nitrogen and oxygen atoms in total. The quantitative estimate of drug-likeness (QED) is 0.800. The lowest BCUT2D eigenvalue weighted by Gasteiger charge is -2.33. The maximum Gasteiger partial charge on any atom is 0.107 e. The van der Waals surface area contributed by atoms with Crippen LogP contribution in [-0.4, -0.2) is 29.4 Å². The van der Waals surface area contributed by atoms with Crippen molar-refractivity contribution in [3.63, 3.8) is 0 Å². The fourth-order valence-electron chi connectivity index (χ4n) is 3.30. The molecule has 0 fully saturated rings. The van der Waals surface area contributed by atoms with Gasteiger partial charge in [0.2, 0.25) is 0 Å². The highest BCUT2D eigenvalue weighted by Crippen LogP contribution is 2.32. The van der Waals surface area contributed by atoms with E-state index >= 15 is 0 Å². The Kier molecular flexibility index (Phi) is 3.51. The average Bonchev–Trinajstić information content (AvgIpc) is 2.78. The molecule has 0 radical (unpaired) electrons. The number of allylic oxidation sites excluding steroid dienone is 2. The van der Waals surface area contributed by atoms with Crippen LogP contribution in [0.5, 0.6) is 0 Å². The fourth-order valence-corrected chi connectivity index (χ4v) is 3.30. The molecular weight excluding hydrogens is 246 g/mol. The zero-order valence-electron chi connectivity index (χ0n) is 12.1. The fraction of sp³-hybridized carbons (Fsp3) is 0.471. The van der Waals surface area contributed by atoms with E-state index in [1.807, 2.05) is 6.08 Å². The molecule has 0 saturated heterocycles. The summed E-state index contributed by atoms with van der Waals surface area (Å²) < 4.78 is 0. The molecule has 0 bridgehead atoms. The number of nitrogens with zero attached hydrogens (tertiary/aromatic N) is 2. The van der Waals surface area contributed by atoms with Gasteiger partial charge in [0.05, 0.1) is 12.1 Å². The van der Waals surface area contributed by atoms with Crippen LogP contribution in [0.4, 0.5) is 0 Å². The number of fused-ring (bicyclic) bond motifs is 1. The minimum atomic E-state index is 0.368. The molecule has 3 atom stereocenters. The molecule has 0 aromatic carbocycles. The first-order valence-electron chi connectivity index (χ1n) is 7.42. The predicted molar refractivity (Wildman–Crippen MR) is 84.4 cm³/mol. The van der Waals surface area contributed by atoms with Crippen LogP contribution in [0.25, 0.3) is 0 Å². The van der Waals surface area contributed by atoms with E-state index < -0.39 is 0 Å². The van der Waals surface area contributed by atoms with E-state index in [4.69, 9.17) is 10.7 Å². The Morgan fingerprint density at radius 3 is 2.90 bits per heavy atom. The molecule has 3 rings (SSSR count). The predicted octanol–water partition coefficient (Wildman–Crippen LogP) is 2.78. The zero-order valence-corrected chi connectivity index (χ0v) is 12.1. The Labute approximate surface area is 121 Å². The van der Waals surface area contributed by atoms with Crippen LogP contribution >= 0.6 is 0 Å². The standard InChI is InChI=1S/C17H23N3/c1-12(2)11-20-16-6-4-3-5-15(16)19-17(20)13-7-9-14(18)10-8-13/h3-4,7,9-10,13,15-16H,1,5-6,8,11,18H2,2H3. The summed E-state index contributed by atoms with van der Waals surface area (Å²) in [5, 5.41) is 0. The molecule has 0 aromatic rings. The third-order valence-corrected chi connectivity index (χ3v) is 4.26. The molecular formula is C17H23N3. The molecule has 0 aromatic heterocycles. The third kappa shape index (κ3) is 2.45. The summed E-state index contributed by atoms with van der Waals surface area (Å²) in [6.45, 7) is 7.09. The second kappa shape index (κ2) is 5.31. The number of nitrogens with two attached hydrogens (primary N) is 1. The average molecular weight is 269 g/mol. The Morgan fingerprint density at radius 1 is 1.40 bits per heavy atom. The maximum absolute atomic E-state index is 5.82. The molecule has 3 aliphatic rings. The van der Waals surface area contributed by atoms with E-state index in [-0.39, 0.29) is 0 Å². The monoisotopic (exact) mass is 269 g/mol. The van der Waals surface area contributed by atoms with Crippen LogP contribution in [0.2, 0.25) is 0 Å². The number of aliphatic imine (C=N–C) groups is 1. The Hall–Kier alpha value is -1.77. The van der Waals surface area contributed by atoms with Gasteiger partial charge in [-0.05, 0) is 32.3 Å². The maximum atomic E-state index is 5.82. The van der Waals surface area contributed by atoms with Crippen molar-refractivity contribution in [3.8, 4) is 0 Å². The lowest BCUT2D eigenvalue weighted by Crippen LogP contribution is -2.43.